The molecule has 0 aromatic heterocycles. The number of nitrogens with one attached hydrogen (secondary N) is 1. The maximum absolute atomic E-state index is 14.2. The number of rotatable bonds is 9. The molecular weight excluding hydrogens is 420 g/mol. The van der Waals surface area contributed by atoms with Gasteiger partial charge in [-0.25, -0.2) is 8.78 Å². The number of nitrogens with zero attached hydrogens (tertiary/aromatic N) is 2. The van der Waals surface area contributed by atoms with E-state index in [-0.39, 0.29) is 23.5 Å². The molecular formula is C27H35F2N3O. The fourth-order valence-corrected chi connectivity index (χ4v) is 5.22. The fraction of sp³-hybridized carbons (Fsp3) is 0.519. The highest BCUT2D eigenvalue weighted by Gasteiger charge is 2.27. The quantitative estimate of drug-likeness (QED) is 0.559. The Balaban J connectivity index is 1.29. The van der Waals surface area contributed by atoms with Crippen molar-refractivity contribution >= 4 is 5.78 Å². The molecule has 33 heavy (non-hydrogen) atoms. The summed E-state index contributed by atoms with van der Waals surface area (Å²) in [7, 11) is 0. The second-order valence-corrected chi connectivity index (χ2v) is 9.38. The largest absolute Gasteiger partial charge is 0.314 e. The van der Waals surface area contributed by atoms with Crippen molar-refractivity contribution in [1.29, 1.82) is 0 Å². The lowest BCUT2D eigenvalue weighted by atomic mass is 9.94. The van der Waals surface area contributed by atoms with E-state index in [1.807, 2.05) is 12.1 Å². The summed E-state index contributed by atoms with van der Waals surface area (Å²) in [6, 6.07) is 13.6. The molecule has 2 saturated heterocycles. The van der Waals surface area contributed by atoms with Crippen LogP contribution >= 0.6 is 0 Å². The van der Waals surface area contributed by atoms with Gasteiger partial charge in [-0.3, -0.25) is 14.6 Å². The van der Waals surface area contributed by atoms with Crippen molar-refractivity contribution in [3.63, 3.8) is 0 Å². The topological polar surface area (TPSA) is 35.6 Å². The summed E-state index contributed by atoms with van der Waals surface area (Å²) >= 11 is 0. The summed E-state index contributed by atoms with van der Waals surface area (Å²) in [6.07, 6.45) is 5.97. The van der Waals surface area contributed by atoms with Crippen molar-refractivity contribution in [2.75, 3.05) is 32.7 Å². The smallest absolute Gasteiger partial charge is 0.164 e. The molecule has 6 heteroatoms. The van der Waals surface area contributed by atoms with E-state index in [0.29, 0.717) is 24.6 Å². The lowest BCUT2D eigenvalue weighted by Crippen LogP contribution is -2.51. The molecule has 2 aromatic carbocycles. The van der Waals surface area contributed by atoms with Crippen LogP contribution in [0.1, 0.15) is 54.4 Å². The Morgan fingerprint density at radius 1 is 0.970 bits per heavy atom. The minimum Gasteiger partial charge on any atom is -0.314 e. The number of halogens is 2. The molecule has 2 aromatic rings. The van der Waals surface area contributed by atoms with Crippen LogP contribution in [0.3, 0.4) is 0 Å². The van der Waals surface area contributed by atoms with Crippen LogP contribution in [-0.4, -0.2) is 60.4 Å². The van der Waals surface area contributed by atoms with Crippen LogP contribution in [0.15, 0.2) is 48.5 Å². The first-order valence-corrected chi connectivity index (χ1v) is 12.3. The monoisotopic (exact) mass is 455 g/mol. The van der Waals surface area contributed by atoms with Crippen molar-refractivity contribution in [1.82, 2.24) is 15.1 Å². The van der Waals surface area contributed by atoms with Gasteiger partial charge in [0.2, 0.25) is 0 Å². The van der Waals surface area contributed by atoms with Gasteiger partial charge in [0.25, 0.3) is 0 Å². The summed E-state index contributed by atoms with van der Waals surface area (Å²) in [5.41, 5.74) is 1.36. The zero-order valence-corrected chi connectivity index (χ0v) is 19.3. The number of Topliss-reactive ketones (excluding diaryl/α,β-unsaturated/α-hetero) is 1. The minimum atomic E-state index is -0.313. The minimum absolute atomic E-state index is 0.0967. The third kappa shape index (κ3) is 6.69. The van der Waals surface area contributed by atoms with Gasteiger partial charge in [-0.15, -0.1) is 0 Å². The van der Waals surface area contributed by atoms with Crippen LogP contribution in [0.2, 0.25) is 0 Å². The number of carbonyl (C=O) groups is 1. The molecule has 2 heterocycles. The molecule has 2 aliphatic heterocycles. The number of piperazine rings is 1. The Morgan fingerprint density at radius 3 is 2.61 bits per heavy atom. The molecule has 4 nitrogen and oxygen atoms in total. The van der Waals surface area contributed by atoms with Crippen molar-refractivity contribution in [2.24, 2.45) is 0 Å². The SMILES string of the molecule is O=C(CC1CCCCN1CCCC1CNCCN1Cc1ccccc1F)c1ccc(F)cc1. The maximum atomic E-state index is 14.2. The molecule has 2 aliphatic rings. The van der Waals surface area contributed by atoms with Gasteiger partial charge in [0.05, 0.1) is 0 Å². The van der Waals surface area contributed by atoms with Crippen LogP contribution in [0.25, 0.3) is 0 Å². The van der Waals surface area contributed by atoms with Gasteiger partial charge in [-0.2, -0.15) is 0 Å². The summed E-state index contributed by atoms with van der Waals surface area (Å²) in [5, 5.41) is 3.49. The number of carbonyl (C=O) groups excluding carboxylic acids is 1. The molecule has 2 atom stereocenters. The normalized spacial score (nSPS) is 22.4. The average Bonchev–Trinajstić information content (AvgIpc) is 2.83. The Hall–Kier alpha value is -2.15. The Kier molecular flexibility index (Phi) is 8.59. The summed E-state index contributed by atoms with van der Waals surface area (Å²) in [5.74, 6) is -0.344. The van der Waals surface area contributed by atoms with Gasteiger partial charge in [-0.05, 0) is 69.1 Å². The molecule has 1 N–H and O–H groups in total. The predicted octanol–water partition coefficient (Wildman–Crippen LogP) is 4.65. The first-order valence-electron chi connectivity index (χ1n) is 12.3. The van der Waals surface area contributed by atoms with E-state index in [0.717, 1.165) is 64.0 Å². The zero-order chi connectivity index (χ0) is 23.0. The lowest BCUT2D eigenvalue weighted by Gasteiger charge is -2.38. The van der Waals surface area contributed by atoms with E-state index in [4.69, 9.17) is 0 Å². The molecule has 0 radical (unpaired) electrons. The first kappa shape index (κ1) is 24.0. The zero-order valence-electron chi connectivity index (χ0n) is 19.3. The van der Waals surface area contributed by atoms with Crippen LogP contribution in [-0.2, 0) is 6.54 Å². The van der Waals surface area contributed by atoms with Gasteiger partial charge < -0.3 is 5.32 Å². The van der Waals surface area contributed by atoms with Crippen molar-refractivity contribution < 1.29 is 13.6 Å². The summed E-state index contributed by atoms with van der Waals surface area (Å²) < 4.78 is 27.3. The lowest BCUT2D eigenvalue weighted by molar-refractivity contribution is 0.0849. The summed E-state index contributed by atoms with van der Waals surface area (Å²) in [6.45, 7) is 5.45. The molecule has 2 unspecified atom stereocenters. The Bertz CT molecular complexity index is 904. The maximum Gasteiger partial charge on any atom is 0.164 e. The third-order valence-electron chi connectivity index (χ3n) is 7.12. The van der Waals surface area contributed by atoms with Crippen molar-refractivity contribution in [3.8, 4) is 0 Å². The molecule has 2 fully saturated rings. The van der Waals surface area contributed by atoms with Gasteiger partial charge in [0.1, 0.15) is 11.6 Å². The number of hydrogen-bond donors (Lipinski definition) is 1. The number of likely N-dealkylation sites (tertiary alicyclic amines) is 1. The average molecular weight is 456 g/mol. The highest BCUT2D eigenvalue weighted by molar-refractivity contribution is 5.96. The van der Waals surface area contributed by atoms with Crippen LogP contribution in [0.4, 0.5) is 8.78 Å². The number of ketones is 1. The highest BCUT2D eigenvalue weighted by atomic mass is 19.1. The van der Waals surface area contributed by atoms with Gasteiger partial charge >= 0.3 is 0 Å². The molecule has 4 rings (SSSR count). The summed E-state index contributed by atoms with van der Waals surface area (Å²) in [4.78, 5) is 17.6. The standard InChI is InChI=1S/C27H35F2N3O/c28-23-12-10-21(11-13-23)27(33)18-24-7-3-4-15-31(24)16-5-8-25-19-30-14-17-32(25)20-22-6-1-2-9-26(22)29/h1-2,6,9-13,24-25,30H,3-5,7-8,14-20H2. The van der Waals surface area contributed by atoms with E-state index in [9.17, 15) is 13.6 Å². The van der Waals surface area contributed by atoms with E-state index >= 15 is 0 Å². The van der Waals surface area contributed by atoms with Gasteiger partial charge in [0, 0.05) is 55.8 Å². The second kappa shape index (κ2) is 11.8. The molecule has 0 bridgehead atoms. The first-order chi connectivity index (χ1) is 16.1. The van der Waals surface area contributed by atoms with E-state index in [1.54, 1.807) is 18.2 Å². The van der Waals surface area contributed by atoms with Crippen molar-refractivity contribution in [2.45, 2.75) is 57.2 Å². The molecule has 0 amide bonds. The van der Waals surface area contributed by atoms with Crippen LogP contribution in [0, 0.1) is 11.6 Å². The molecule has 0 spiro atoms. The van der Waals surface area contributed by atoms with E-state index in [2.05, 4.69) is 15.1 Å². The van der Waals surface area contributed by atoms with Crippen molar-refractivity contribution in [3.05, 3.63) is 71.3 Å². The van der Waals surface area contributed by atoms with E-state index < -0.39 is 0 Å². The van der Waals surface area contributed by atoms with E-state index in [1.165, 1.54) is 24.6 Å². The van der Waals surface area contributed by atoms with Crippen LogP contribution in [0.5, 0.6) is 0 Å². The number of hydrogen-bond acceptors (Lipinski definition) is 4. The molecule has 0 aliphatic carbocycles. The number of piperidine rings is 1. The fourth-order valence-electron chi connectivity index (χ4n) is 5.22. The Morgan fingerprint density at radius 2 is 1.79 bits per heavy atom. The highest BCUT2D eigenvalue weighted by Crippen LogP contribution is 2.23. The predicted molar refractivity (Wildman–Crippen MR) is 127 cm³/mol. The van der Waals surface area contributed by atoms with Gasteiger partial charge in [-0.1, -0.05) is 24.6 Å². The molecule has 0 saturated carbocycles. The Labute approximate surface area is 196 Å². The number of benzene rings is 2. The van der Waals surface area contributed by atoms with Crippen LogP contribution < -0.4 is 5.32 Å². The molecule has 178 valence electrons. The second-order valence-electron chi connectivity index (χ2n) is 9.38. The third-order valence-corrected chi connectivity index (χ3v) is 7.12. The van der Waals surface area contributed by atoms with Gasteiger partial charge in [0.15, 0.2) is 5.78 Å².